The van der Waals surface area contributed by atoms with Gasteiger partial charge in [0.2, 0.25) is 0 Å². The molecule has 0 amide bonds. The summed E-state index contributed by atoms with van der Waals surface area (Å²) in [5.74, 6) is 0. The Morgan fingerprint density at radius 2 is 0.829 bits per heavy atom. The second-order valence-corrected chi connectivity index (χ2v) is 18.7. The van der Waals surface area contributed by atoms with E-state index in [0.29, 0.717) is 0 Å². The van der Waals surface area contributed by atoms with E-state index in [-0.39, 0.29) is 0 Å². The van der Waals surface area contributed by atoms with Crippen LogP contribution in [0.15, 0.2) is 152 Å². The third-order valence-corrected chi connectivity index (χ3v) is 16.3. The third-order valence-electron chi connectivity index (χ3n) is 7.43. The molecule has 41 heavy (non-hydrogen) atoms. The Kier molecular flexibility index (Phi) is 8.18. The van der Waals surface area contributed by atoms with E-state index in [1.54, 1.807) is 7.11 Å². The van der Waals surface area contributed by atoms with Gasteiger partial charge in [-0.05, 0) is 66.9 Å². The normalized spacial score (nSPS) is 20.8. The van der Waals surface area contributed by atoms with Crippen molar-refractivity contribution in [2.24, 2.45) is 0 Å². The van der Waals surface area contributed by atoms with E-state index in [9.17, 15) is 0 Å². The molecule has 0 bridgehead atoms. The summed E-state index contributed by atoms with van der Waals surface area (Å²) in [4.78, 5) is 0. The van der Waals surface area contributed by atoms with Crippen LogP contribution in [0.1, 0.15) is 16.7 Å². The maximum absolute atomic E-state index is 7.69. The summed E-state index contributed by atoms with van der Waals surface area (Å²) >= 11 is 0. The van der Waals surface area contributed by atoms with E-state index in [2.05, 4.69) is 165 Å². The van der Waals surface area contributed by atoms with Crippen molar-refractivity contribution in [1.29, 1.82) is 0 Å². The maximum Gasteiger partial charge on any atom is 0.332 e. The molecule has 0 spiro atoms. The van der Waals surface area contributed by atoms with Crippen LogP contribution < -0.4 is 10.6 Å². The van der Waals surface area contributed by atoms with E-state index in [1.807, 2.05) is 0 Å². The first-order chi connectivity index (χ1) is 20.0. The van der Waals surface area contributed by atoms with Gasteiger partial charge in [0.15, 0.2) is 0 Å². The summed E-state index contributed by atoms with van der Waals surface area (Å²) < 4.78 is 13.9. The molecule has 204 valence electrons. The molecule has 5 aromatic rings. The molecule has 6 rings (SSSR count). The van der Waals surface area contributed by atoms with E-state index in [0.717, 1.165) is 0 Å². The van der Waals surface area contributed by atoms with Crippen molar-refractivity contribution in [2.75, 3.05) is 7.11 Å². The van der Waals surface area contributed by atoms with Gasteiger partial charge in [-0.15, -0.1) is 0 Å². The molecule has 2 unspecified atom stereocenters. The molecule has 2 atom stereocenters. The Labute approximate surface area is 247 Å². The average molecular weight is 589 g/mol. The Morgan fingerprint density at radius 3 is 1.20 bits per heavy atom. The van der Waals surface area contributed by atoms with Gasteiger partial charge in [0.1, 0.15) is 5.08 Å². The lowest BCUT2D eigenvalue weighted by Gasteiger charge is -2.46. The molecule has 1 aliphatic rings. The van der Waals surface area contributed by atoms with Crippen molar-refractivity contribution >= 4 is 45.6 Å². The van der Waals surface area contributed by atoms with E-state index in [4.69, 9.17) is 8.85 Å². The van der Waals surface area contributed by atoms with Crippen molar-refractivity contribution in [2.45, 2.75) is 18.2 Å². The summed E-state index contributed by atoms with van der Waals surface area (Å²) in [5, 5.41) is 4.74. The molecular weight excluding hydrogens is 554 g/mol. The minimum Gasteiger partial charge on any atom is -0.398 e. The lowest BCUT2D eigenvalue weighted by molar-refractivity contribution is 0.168. The Morgan fingerprint density at radius 1 is 0.488 bits per heavy atom. The van der Waals surface area contributed by atoms with Crippen molar-refractivity contribution < 1.29 is 8.85 Å². The number of rotatable bonds is 8. The SMILES string of the molecule is CO[Si](C)(C)OC1(c2ccccc2)P(c2ccccc2)C(c2ccccc2)=C(c2ccccc2)P1c1ccccc1. The third kappa shape index (κ3) is 5.30. The topological polar surface area (TPSA) is 18.5 Å². The van der Waals surface area contributed by atoms with E-state index in [1.165, 1.54) is 37.9 Å². The number of benzene rings is 5. The molecule has 5 heteroatoms. The summed E-state index contributed by atoms with van der Waals surface area (Å²) in [6, 6.07) is 55.0. The van der Waals surface area contributed by atoms with Crippen molar-refractivity contribution in [3.05, 3.63) is 168 Å². The predicted octanol–water partition coefficient (Wildman–Crippen LogP) is 9.32. The van der Waals surface area contributed by atoms with E-state index >= 15 is 0 Å². The highest BCUT2D eigenvalue weighted by Gasteiger charge is 2.60. The Bertz CT molecular complexity index is 1520. The molecule has 5 aromatic carbocycles. The predicted molar refractivity (Wildman–Crippen MR) is 179 cm³/mol. The standard InChI is InChI=1S/C36H34O2P2Si/c1-37-41(2,3)38-36(31-23-13-6-14-24-31)39(32-25-15-7-16-26-32)34(29-19-9-4-10-20-29)35(30-21-11-5-12-22-30)40(36)33-27-17-8-18-28-33/h4-28H,1-3H3. The fourth-order valence-corrected chi connectivity index (χ4v) is 16.3. The van der Waals surface area contributed by atoms with Crippen LogP contribution in [0.2, 0.25) is 13.1 Å². The van der Waals surface area contributed by atoms with Crippen LogP contribution in [-0.2, 0) is 13.9 Å². The smallest absolute Gasteiger partial charge is 0.332 e. The molecule has 0 saturated carbocycles. The van der Waals surface area contributed by atoms with Gasteiger partial charge in [0, 0.05) is 7.11 Å². The zero-order valence-electron chi connectivity index (χ0n) is 23.6. The monoisotopic (exact) mass is 588 g/mol. The Hall–Kier alpha value is -3.16. The van der Waals surface area contributed by atoms with Crippen LogP contribution in [0.3, 0.4) is 0 Å². The molecular formula is C36H34O2P2Si. The maximum atomic E-state index is 7.69. The molecule has 0 radical (unpaired) electrons. The fraction of sp³-hybridized carbons (Fsp3) is 0.111. The fourth-order valence-electron chi connectivity index (χ4n) is 5.55. The van der Waals surface area contributed by atoms with Crippen LogP contribution in [-0.4, -0.2) is 15.7 Å². The highest BCUT2D eigenvalue weighted by Crippen LogP contribution is 2.88. The first-order valence-electron chi connectivity index (χ1n) is 13.9. The van der Waals surface area contributed by atoms with Crippen LogP contribution in [0, 0.1) is 0 Å². The molecule has 0 N–H and O–H groups in total. The van der Waals surface area contributed by atoms with Crippen LogP contribution >= 0.6 is 15.8 Å². The minimum absolute atomic E-state index is 0.642. The molecule has 2 nitrogen and oxygen atoms in total. The van der Waals surface area contributed by atoms with Gasteiger partial charge in [0.05, 0.1) is 0 Å². The minimum atomic E-state index is -2.60. The zero-order valence-corrected chi connectivity index (χ0v) is 26.4. The average Bonchev–Trinajstić information content (AvgIpc) is 3.34. The molecule has 1 aliphatic heterocycles. The molecule has 0 aromatic heterocycles. The van der Waals surface area contributed by atoms with Gasteiger partial charge in [-0.3, -0.25) is 0 Å². The molecule has 0 fully saturated rings. The Balaban J connectivity index is 1.81. The van der Waals surface area contributed by atoms with Gasteiger partial charge in [-0.25, -0.2) is 0 Å². The van der Waals surface area contributed by atoms with Gasteiger partial charge in [-0.1, -0.05) is 152 Å². The zero-order chi connectivity index (χ0) is 28.3. The second-order valence-electron chi connectivity index (χ2n) is 10.5. The van der Waals surface area contributed by atoms with Crippen LogP contribution in [0.25, 0.3) is 10.6 Å². The summed E-state index contributed by atoms with van der Waals surface area (Å²) in [6.07, 6.45) is 0. The van der Waals surface area contributed by atoms with Crippen molar-refractivity contribution in [3.63, 3.8) is 0 Å². The summed E-state index contributed by atoms with van der Waals surface area (Å²) in [6.45, 7) is 4.36. The van der Waals surface area contributed by atoms with Crippen LogP contribution in [0.4, 0.5) is 0 Å². The van der Waals surface area contributed by atoms with Crippen molar-refractivity contribution in [3.8, 4) is 0 Å². The van der Waals surface area contributed by atoms with Crippen molar-refractivity contribution in [1.82, 2.24) is 0 Å². The summed E-state index contributed by atoms with van der Waals surface area (Å²) in [7, 11) is -2.92. The lowest BCUT2D eigenvalue weighted by atomic mass is 10.1. The second kappa shape index (κ2) is 12.0. The van der Waals surface area contributed by atoms with Gasteiger partial charge in [0.25, 0.3) is 0 Å². The first kappa shape index (κ1) is 28.0. The quantitative estimate of drug-likeness (QED) is 0.133. The molecule has 1 heterocycles. The summed E-state index contributed by atoms with van der Waals surface area (Å²) in [5.41, 5.74) is 3.72. The van der Waals surface area contributed by atoms with Gasteiger partial charge in [-0.2, -0.15) is 0 Å². The van der Waals surface area contributed by atoms with Gasteiger partial charge >= 0.3 is 8.56 Å². The number of hydrogen-bond donors (Lipinski definition) is 0. The van der Waals surface area contributed by atoms with Gasteiger partial charge < -0.3 is 8.85 Å². The molecule has 0 aliphatic carbocycles. The lowest BCUT2D eigenvalue weighted by Crippen LogP contribution is -2.43. The van der Waals surface area contributed by atoms with Crippen LogP contribution in [0.5, 0.6) is 0 Å². The first-order valence-corrected chi connectivity index (χ1v) is 19.4. The molecule has 0 saturated heterocycles. The highest BCUT2D eigenvalue weighted by atomic mass is 31.2. The largest absolute Gasteiger partial charge is 0.398 e. The van der Waals surface area contributed by atoms with E-state index < -0.39 is 29.5 Å². The number of hydrogen-bond acceptors (Lipinski definition) is 2. The highest BCUT2D eigenvalue weighted by molar-refractivity contribution is 7.97.